The van der Waals surface area contributed by atoms with E-state index in [1.807, 2.05) is 12.1 Å². The lowest BCUT2D eigenvalue weighted by atomic mass is 10.2. The summed E-state index contributed by atoms with van der Waals surface area (Å²) in [7, 11) is 0. The van der Waals surface area contributed by atoms with Crippen LogP contribution in [0.3, 0.4) is 0 Å². The second-order valence-corrected chi connectivity index (χ2v) is 5.21. The van der Waals surface area contributed by atoms with E-state index in [0.717, 1.165) is 5.56 Å². The van der Waals surface area contributed by atoms with Crippen LogP contribution in [0.5, 0.6) is 0 Å². The van der Waals surface area contributed by atoms with Crippen molar-refractivity contribution >= 4 is 23.4 Å². The highest BCUT2D eigenvalue weighted by atomic mass is 35.5. The Balaban J connectivity index is 1.71. The van der Waals surface area contributed by atoms with Gasteiger partial charge in [-0.15, -0.1) is 10.2 Å². The molecule has 1 aromatic carbocycles. The Hall–Kier alpha value is -1.92. The molecular formula is C13H9ClN4OS. The Morgan fingerprint density at radius 3 is 2.75 bits per heavy atom. The summed E-state index contributed by atoms with van der Waals surface area (Å²) in [6.45, 7) is 0. The minimum absolute atomic E-state index is 0.456. The summed E-state index contributed by atoms with van der Waals surface area (Å²) < 4.78 is 5.59. The number of halogens is 1. The van der Waals surface area contributed by atoms with E-state index in [1.165, 1.54) is 11.8 Å². The Morgan fingerprint density at radius 2 is 1.95 bits per heavy atom. The highest BCUT2D eigenvalue weighted by Gasteiger charge is 2.09. The highest BCUT2D eigenvalue weighted by molar-refractivity contribution is 7.98. The zero-order chi connectivity index (χ0) is 13.8. The van der Waals surface area contributed by atoms with Crippen LogP contribution in [0.1, 0.15) is 5.89 Å². The van der Waals surface area contributed by atoms with Gasteiger partial charge in [-0.2, -0.15) is 0 Å². The average Bonchev–Trinajstić information content (AvgIpc) is 2.95. The molecule has 0 spiro atoms. The molecule has 2 heterocycles. The van der Waals surface area contributed by atoms with Crippen LogP contribution in [0.25, 0.3) is 11.5 Å². The largest absolute Gasteiger partial charge is 0.420 e. The van der Waals surface area contributed by atoms with E-state index in [2.05, 4.69) is 20.2 Å². The summed E-state index contributed by atoms with van der Waals surface area (Å²) in [4.78, 5) is 8.23. The maximum absolute atomic E-state index is 5.93. The maximum atomic E-state index is 5.93. The van der Waals surface area contributed by atoms with Crippen LogP contribution in [-0.2, 0) is 5.75 Å². The van der Waals surface area contributed by atoms with Crippen molar-refractivity contribution < 1.29 is 4.42 Å². The molecule has 0 saturated carbocycles. The summed E-state index contributed by atoms with van der Waals surface area (Å²) >= 11 is 7.37. The molecule has 0 fully saturated rings. The van der Waals surface area contributed by atoms with Crippen molar-refractivity contribution in [3.05, 3.63) is 53.6 Å². The molecule has 0 bridgehead atoms. The van der Waals surface area contributed by atoms with E-state index in [4.69, 9.17) is 16.0 Å². The highest BCUT2D eigenvalue weighted by Crippen LogP contribution is 2.23. The molecule has 0 atom stereocenters. The van der Waals surface area contributed by atoms with Crippen molar-refractivity contribution in [2.45, 2.75) is 10.9 Å². The van der Waals surface area contributed by atoms with Gasteiger partial charge in [-0.25, -0.2) is 9.97 Å². The first-order valence-electron chi connectivity index (χ1n) is 5.79. The second-order valence-electron chi connectivity index (χ2n) is 3.83. The summed E-state index contributed by atoms with van der Waals surface area (Å²) in [6.07, 6.45) is 3.39. The molecule has 0 aliphatic carbocycles. The van der Waals surface area contributed by atoms with Crippen LogP contribution in [-0.4, -0.2) is 20.2 Å². The van der Waals surface area contributed by atoms with Crippen molar-refractivity contribution in [1.29, 1.82) is 0 Å². The quantitative estimate of drug-likeness (QED) is 0.543. The smallest absolute Gasteiger partial charge is 0.247 e. The van der Waals surface area contributed by atoms with Gasteiger partial charge in [-0.05, 0) is 24.3 Å². The number of hydrogen-bond acceptors (Lipinski definition) is 6. The number of nitrogens with zero attached hydrogens (tertiary/aromatic N) is 4. The first kappa shape index (κ1) is 13.1. The van der Waals surface area contributed by atoms with E-state index in [1.54, 1.807) is 30.6 Å². The van der Waals surface area contributed by atoms with Crippen LogP contribution < -0.4 is 0 Å². The lowest BCUT2D eigenvalue weighted by Gasteiger charge is -1.96. The minimum atomic E-state index is 0.456. The molecule has 0 unspecified atom stereocenters. The van der Waals surface area contributed by atoms with E-state index in [9.17, 15) is 0 Å². The fourth-order valence-corrected chi connectivity index (χ4v) is 2.37. The van der Waals surface area contributed by atoms with Gasteiger partial charge in [0.1, 0.15) is 0 Å². The van der Waals surface area contributed by atoms with E-state index in [-0.39, 0.29) is 0 Å². The third-order valence-electron chi connectivity index (χ3n) is 2.41. The normalized spacial score (nSPS) is 10.7. The van der Waals surface area contributed by atoms with Gasteiger partial charge in [-0.1, -0.05) is 29.4 Å². The van der Waals surface area contributed by atoms with E-state index >= 15 is 0 Å². The van der Waals surface area contributed by atoms with Gasteiger partial charge < -0.3 is 4.42 Å². The molecule has 7 heteroatoms. The molecule has 0 aliphatic heterocycles. The van der Waals surface area contributed by atoms with Gasteiger partial charge in [0.15, 0.2) is 5.16 Å². The van der Waals surface area contributed by atoms with Gasteiger partial charge in [0, 0.05) is 23.0 Å². The van der Waals surface area contributed by atoms with Crippen molar-refractivity contribution in [1.82, 2.24) is 20.2 Å². The molecule has 2 aromatic heterocycles. The molecule has 0 saturated heterocycles. The lowest BCUT2D eigenvalue weighted by Crippen LogP contribution is -1.85. The monoisotopic (exact) mass is 304 g/mol. The molecule has 0 N–H and O–H groups in total. The molecular weight excluding hydrogens is 296 g/mol. The van der Waals surface area contributed by atoms with Crippen molar-refractivity contribution in [3.63, 3.8) is 0 Å². The zero-order valence-electron chi connectivity index (χ0n) is 10.2. The maximum Gasteiger partial charge on any atom is 0.247 e. The van der Waals surface area contributed by atoms with Crippen LogP contribution in [0, 0.1) is 0 Å². The fourth-order valence-electron chi connectivity index (χ4n) is 1.54. The summed E-state index contributed by atoms with van der Waals surface area (Å²) in [5.41, 5.74) is 0.803. The summed E-state index contributed by atoms with van der Waals surface area (Å²) in [5, 5.41) is 9.32. The SMILES string of the molecule is Clc1cccc(-c2nnc(CSc3ncccn3)o2)c1. The Morgan fingerprint density at radius 1 is 1.10 bits per heavy atom. The molecule has 100 valence electrons. The number of hydrogen-bond donors (Lipinski definition) is 0. The number of rotatable bonds is 4. The predicted octanol–water partition coefficient (Wildman–Crippen LogP) is 3.47. The standard InChI is InChI=1S/C13H9ClN4OS/c14-10-4-1-3-9(7-10)12-18-17-11(19-12)8-20-13-15-5-2-6-16-13/h1-7H,8H2. The molecule has 0 radical (unpaired) electrons. The van der Waals surface area contributed by atoms with Gasteiger partial charge in [0.05, 0.1) is 5.75 Å². The molecule has 0 amide bonds. The Labute approximate surface area is 124 Å². The number of aromatic nitrogens is 4. The van der Waals surface area contributed by atoms with Crippen LogP contribution in [0.2, 0.25) is 5.02 Å². The predicted molar refractivity (Wildman–Crippen MR) is 76.3 cm³/mol. The van der Waals surface area contributed by atoms with Crippen LogP contribution in [0.4, 0.5) is 0 Å². The molecule has 0 aliphatic rings. The van der Waals surface area contributed by atoms with Crippen LogP contribution in [0.15, 0.2) is 52.3 Å². The van der Waals surface area contributed by atoms with E-state index < -0.39 is 0 Å². The molecule has 3 aromatic rings. The Bertz CT molecular complexity index is 704. The summed E-state index contributed by atoms with van der Waals surface area (Å²) in [6, 6.07) is 9.07. The van der Waals surface area contributed by atoms with Gasteiger partial charge in [-0.3, -0.25) is 0 Å². The Kier molecular flexibility index (Phi) is 3.94. The molecule has 3 rings (SSSR count). The minimum Gasteiger partial charge on any atom is -0.420 e. The average molecular weight is 305 g/mol. The number of benzene rings is 1. The third-order valence-corrected chi connectivity index (χ3v) is 3.50. The topological polar surface area (TPSA) is 64.7 Å². The van der Waals surface area contributed by atoms with Gasteiger partial charge in [0.25, 0.3) is 0 Å². The number of thioether (sulfide) groups is 1. The second kappa shape index (κ2) is 6.02. The third kappa shape index (κ3) is 3.15. The van der Waals surface area contributed by atoms with Gasteiger partial charge >= 0.3 is 0 Å². The van der Waals surface area contributed by atoms with Gasteiger partial charge in [0.2, 0.25) is 11.8 Å². The lowest BCUT2D eigenvalue weighted by molar-refractivity contribution is 0.528. The van der Waals surface area contributed by atoms with Crippen molar-refractivity contribution in [2.24, 2.45) is 0 Å². The van der Waals surface area contributed by atoms with E-state index in [0.29, 0.717) is 27.7 Å². The first-order valence-corrected chi connectivity index (χ1v) is 7.16. The zero-order valence-corrected chi connectivity index (χ0v) is 11.8. The fraction of sp³-hybridized carbons (Fsp3) is 0.0769. The van der Waals surface area contributed by atoms with Crippen LogP contribution >= 0.6 is 23.4 Å². The van der Waals surface area contributed by atoms with Crippen molar-refractivity contribution in [3.8, 4) is 11.5 Å². The van der Waals surface area contributed by atoms with Crippen molar-refractivity contribution in [2.75, 3.05) is 0 Å². The molecule has 5 nitrogen and oxygen atoms in total. The first-order chi connectivity index (χ1) is 9.81. The summed E-state index contributed by atoms with van der Waals surface area (Å²) in [5.74, 6) is 1.51. The molecule has 20 heavy (non-hydrogen) atoms.